The van der Waals surface area contributed by atoms with Crippen molar-refractivity contribution in [3.05, 3.63) is 24.0 Å². The zero-order valence-corrected chi connectivity index (χ0v) is 11.0. The number of amides is 1. The first kappa shape index (κ1) is 14.9. The molecule has 0 heterocycles. The summed E-state index contributed by atoms with van der Waals surface area (Å²) in [6.45, 7) is 1.95. The number of anilines is 1. The van der Waals surface area contributed by atoms with Crippen molar-refractivity contribution in [1.29, 1.82) is 0 Å². The highest BCUT2D eigenvalue weighted by atomic mass is 35.7. The van der Waals surface area contributed by atoms with Crippen LogP contribution in [0.25, 0.3) is 0 Å². The largest absolute Gasteiger partial charge is 0.372 e. The van der Waals surface area contributed by atoms with Crippen LogP contribution in [0.5, 0.6) is 0 Å². The van der Waals surface area contributed by atoms with E-state index in [1.54, 1.807) is 6.92 Å². The summed E-state index contributed by atoms with van der Waals surface area (Å²) in [6, 6.07) is 3.09. The van der Waals surface area contributed by atoms with Crippen LogP contribution in [0.4, 0.5) is 10.1 Å². The maximum atomic E-state index is 13.4. The summed E-state index contributed by atoms with van der Waals surface area (Å²) in [7, 11) is 0.882. The molecule has 0 radical (unpaired) electrons. The van der Waals surface area contributed by atoms with Crippen LogP contribution in [0.15, 0.2) is 23.1 Å². The van der Waals surface area contributed by atoms with E-state index >= 15 is 0 Å². The Balaban J connectivity index is 2.82. The first-order valence-electron chi connectivity index (χ1n) is 4.96. The lowest BCUT2D eigenvalue weighted by Crippen LogP contribution is -2.18. The minimum absolute atomic E-state index is 0.126. The third-order valence-corrected chi connectivity index (χ3v) is 3.27. The molecule has 0 fully saturated rings. The van der Waals surface area contributed by atoms with Crippen LogP contribution >= 0.6 is 10.7 Å². The lowest BCUT2D eigenvalue weighted by molar-refractivity contribution is -0.120. The lowest BCUT2D eigenvalue weighted by atomic mass is 10.3. The van der Waals surface area contributed by atoms with Gasteiger partial charge in [-0.1, -0.05) is 0 Å². The molecule has 5 nitrogen and oxygen atoms in total. The van der Waals surface area contributed by atoms with E-state index in [-0.39, 0.29) is 12.3 Å². The van der Waals surface area contributed by atoms with Gasteiger partial charge in [-0.15, -0.1) is 0 Å². The molecule has 0 bridgehead atoms. The van der Waals surface area contributed by atoms with Crippen molar-refractivity contribution >= 4 is 31.3 Å². The van der Waals surface area contributed by atoms with Gasteiger partial charge in [0.25, 0.3) is 9.05 Å². The van der Waals surface area contributed by atoms with E-state index in [0.29, 0.717) is 6.61 Å². The zero-order chi connectivity index (χ0) is 13.8. The van der Waals surface area contributed by atoms with Gasteiger partial charge in [0, 0.05) is 23.0 Å². The van der Waals surface area contributed by atoms with Gasteiger partial charge in [-0.2, -0.15) is 0 Å². The van der Waals surface area contributed by atoms with E-state index in [2.05, 4.69) is 5.32 Å². The van der Waals surface area contributed by atoms with Gasteiger partial charge in [0.2, 0.25) is 5.91 Å². The fourth-order valence-electron chi connectivity index (χ4n) is 1.17. The fourth-order valence-corrected chi connectivity index (χ4v) is 2.07. The highest BCUT2D eigenvalue weighted by molar-refractivity contribution is 8.13. The molecule has 0 spiro atoms. The van der Waals surface area contributed by atoms with Crippen molar-refractivity contribution in [2.45, 2.75) is 11.8 Å². The van der Waals surface area contributed by atoms with Crippen molar-refractivity contribution in [2.75, 3.05) is 18.5 Å². The molecular formula is C10H11ClFNO4S. The third-order valence-electron chi connectivity index (χ3n) is 1.92. The SMILES string of the molecule is CCOCC(=O)Nc1ccc(S(=O)(=O)Cl)c(F)c1. The summed E-state index contributed by atoms with van der Waals surface area (Å²) in [6.07, 6.45) is 0. The fraction of sp³-hybridized carbons (Fsp3) is 0.300. The molecule has 100 valence electrons. The van der Waals surface area contributed by atoms with Gasteiger partial charge in [0.15, 0.2) is 0 Å². The van der Waals surface area contributed by atoms with Gasteiger partial charge < -0.3 is 10.1 Å². The summed E-state index contributed by atoms with van der Waals surface area (Å²) in [4.78, 5) is 10.6. The molecule has 0 atom stereocenters. The Kier molecular flexibility index (Phi) is 5.06. The molecule has 0 aliphatic carbocycles. The average Bonchev–Trinajstić information content (AvgIpc) is 2.24. The first-order chi connectivity index (χ1) is 8.34. The first-order valence-corrected chi connectivity index (χ1v) is 7.27. The van der Waals surface area contributed by atoms with Crippen molar-refractivity contribution in [3.8, 4) is 0 Å². The Labute approximate surface area is 108 Å². The second-order valence-corrected chi connectivity index (χ2v) is 5.80. The Morgan fingerprint density at radius 2 is 2.17 bits per heavy atom. The summed E-state index contributed by atoms with van der Waals surface area (Å²) in [5.74, 6) is -1.49. The minimum Gasteiger partial charge on any atom is -0.372 e. The molecule has 0 aliphatic rings. The maximum absolute atomic E-state index is 13.4. The topological polar surface area (TPSA) is 72.5 Å². The van der Waals surface area contributed by atoms with Gasteiger partial charge in [-0.25, -0.2) is 12.8 Å². The van der Waals surface area contributed by atoms with Crippen LogP contribution in [0.1, 0.15) is 6.92 Å². The van der Waals surface area contributed by atoms with Crippen molar-refractivity contribution in [1.82, 2.24) is 0 Å². The van der Waals surface area contributed by atoms with Gasteiger partial charge in [0.1, 0.15) is 17.3 Å². The van der Waals surface area contributed by atoms with Gasteiger partial charge >= 0.3 is 0 Å². The number of carbonyl (C=O) groups excluding carboxylic acids is 1. The monoisotopic (exact) mass is 295 g/mol. The Hall–Kier alpha value is -1.18. The number of ether oxygens (including phenoxy) is 1. The Morgan fingerprint density at radius 1 is 1.50 bits per heavy atom. The van der Waals surface area contributed by atoms with E-state index in [1.165, 1.54) is 6.07 Å². The third kappa shape index (κ3) is 4.25. The maximum Gasteiger partial charge on any atom is 0.264 e. The molecule has 0 unspecified atom stereocenters. The number of benzene rings is 1. The van der Waals surface area contributed by atoms with Crippen molar-refractivity contribution in [3.63, 3.8) is 0 Å². The second kappa shape index (κ2) is 6.12. The number of carbonyl (C=O) groups is 1. The normalized spacial score (nSPS) is 11.3. The van der Waals surface area contributed by atoms with E-state index in [4.69, 9.17) is 15.4 Å². The standard InChI is InChI=1S/C10H11ClFNO4S/c1-2-17-6-10(14)13-7-3-4-9(8(12)5-7)18(11,15)16/h3-5H,2,6H2,1H3,(H,13,14). The molecule has 1 aromatic carbocycles. The quantitative estimate of drug-likeness (QED) is 0.840. The summed E-state index contributed by atoms with van der Waals surface area (Å²) in [5, 5.41) is 2.35. The van der Waals surface area contributed by atoms with Crippen LogP contribution in [0.2, 0.25) is 0 Å². The van der Waals surface area contributed by atoms with Crippen molar-refractivity contribution < 1.29 is 22.3 Å². The summed E-state index contributed by atoms with van der Waals surface area (Å²) in [5.41, 5.74) is 0.126. The van der Waals surface area contributed by atoms with Crippen LogP contribution in [0.3, 0.4) is 0 Å². The second-order valence-electron chi connectivity index (χ2n) is 3.27. The van der Waals surface area contributed by atoms with Crippen LogP contribution in [0, 0.1) is 5.82 Å². The molecule has 0 saturated heterocycles. The van der Waals surface area contributed by atoms with E-state index < -0.39 is 25.7 Å². The zero-order valence-electron chi connectivity index (χ0n) is 9.44. The number of hydrogen-bond donors (Lipinski definition) is 1. The highest BCUT2D eigenvalue weighted by Gasteiger charge is 2.16. The van der Waals surface area contributed by atoms with E-state index in [9.17, 15) is 17.6 Å². The molecule has 1 amide bonds. The molecular weight excluding hydrogens is 285 g/mol. The smallest absolute Gasteiger partial charge is 0.264 e. The molecule has 0 aliphatic heterocycles. The Morgan fingerprint density at radius 3 is 2.67 bits per heavy atom. The number of rotatable bonds is 5. The average molecular weight is 296 g/mol. The molecule has 0 aromatic heterocycles. The van der Waals surface area contributed by atoms with E-state index in [1.807, 2.05) is 0 Å². The molecule has 1 aromatic rings. The predicted octanol–water partition coefficient (Wildman–Crippen LogP) is 1.73. The number of hydrogen-bond acceptors (Lipinski definition) is 4. The Bertz CT molecular complexity index is 547. The summed E-state index contributed by atoms with van der Waals surface area (Å²) < 4.78 is 40.1. The molecule has 1 rings (SSSR count). The molecule has 1 N–H and O–H groups in total. The van der Waals surface area contributed by atoms with Crippen LogP contribution in [-0.4, -0.2) is 27.5 Å². The number of nitrogens with one attached hydrogen (secondary N) is 1. The van der Waals surface area contributed by atoms with Gasteiger partial charge in [0.05, 0.1) is 0 Å². The van der Waals surface area contributed by atoms with Gasteiger partial charge in [-0.05, 0) is 25.1 Å². The van der Waals surface area contributed by atoms with Crippen molar-refractivity contribution in [2.24, 2.45) is 0 Å². The molecule has 0 saturated carbocycles. The van der Waals surface area contributed by atoms with E-state index in [0.717, 1.165) is 12.1 Å². The minimum atomic E-state index is -4.13. The molecule has 18 heavy (non-hydrogen) atoms. The van der Waals surface area contributed by atoms with Crippen LogP contribution in [-0.2, 0) is 18.6 Å². The summed E-state index contributed by atoms with van der Waals surface area (Å²) >= 11 is 0. The number of halogens is 2. The molecule has 8 heteroatoms. The highest BCUT2D eigenvalue weighted by Crippen LogP contribution is 2.21. The van der Waals surface area contributed by atoms with Crippen LogP contribution < -0.4 is 5.32 Å². The predicted molar refractivity (Wildman–Crippen MR) is 64.6 cm³/mol. The van der Waals surface area contributed by atoms with Gasteiger partial charge in [-0.3, -0.25) is 4.79 Å². The lowest BCUT2D eigenvalue weighted by Gasteiger charge is -2.06.